The summed E-state index contributed by atoms with van der Waals surface area (Å²) < 4.78 is 10.7. The molecule has 0 aromatic carbocycles. The lowest BCUT2D eigenvalue weighted by atomic mass is 9.84. The fourth-order valence-electron chi connectivity index (χ4n) is 2.24. The maximum absolute atomic E-state index is 10.7. The molecule has 94 valence electrons. The van der Waals surface area contributed by atoms with Crippen molar-refractivity contribution in [2.24, 2.45) is 0 Å². The van der Waals surface area contributed by atoms with E-state index in [1.165, 1.54) is 0 Å². The monoisotopic (exact) mass is 237 g/mol. The van der Waals surface area contributed by atoms with Crippen molar-refractivity contribution in [2.75, 3.05) is 13.7 Å². The average molecular weight is 237 g/mol. The van der Waals surface area contributed by atoms with Crippen LogP contribution in [0.1, 0.15) is 31.7 Å². The molecule has 1 N–H and O–H groups in total. The van der Waals surface area contributed by atoms with E-state index in [1.54, 1.807) is 19.5 Å². The highest BCUT2D eigenvalue weighted by Gasteiger charge is 2.36. The van der Waals surface area contributed by atoms with Crippen LogP contribution in [-0.4, -0.2) is 29.9 Å². The van der Waals surface area contributed by atoms with Gasteiger partial charge in [0.2, 0.25) is 0 Å². The minimum absolute atomic E-state index is 0.125. The van der Waals surface area contributed by atoms with Gasteiger partial charge in [-0.1, -0.05) is 6.92 Å². The van der Waals surface area contributed by atoms with Crippen LogP contribution in [0.25, 0.3) is 0 Å². The molecule has 1 fully saturated rings. The van der Waals surface area contributed by atoms with Gasteiger partial charge in [0.05, 0.1) is 31.6 Å². The molecule has 0 amide bonds. The number of aliphatic hydroxyl groups is 1. The molecule has 2 rings (SSSR count). The van der Waals surface area contributed by atoms with E-state index in [1.807, 2.05) is 6.07 Å². The number of pyridine rings is 1. The number of aromatic nitrogens is 1. The minimum Gasteiger partial charge on any atom is -0.495 e. The Morgan fingerprint density at radius 1 is 1.59 bits per heavy atom. The molecule has 0 aliphatic carbocycles. The van der Waals surface area contributed by atoms with Crippen LogP contribution in [-0.2, 0) is 10.3 Å². The van der Waals surface area contributed by atoms with Crippen molar-refractivity contribution in [1.82, 2.24) is 4.98 Å². The second-order valence-electron chi connectivity index (χ2n) is 4.50. The summed E-state index contributed by atoms with van der Waals surface area (Å²) in [5.41, 5.74) is -0.0147. The van der Waals surface area contributed by atoms with Gasteiger partial charge in [0.1, 0.15) is 5.75 Å². The predicted molar refractivity (Wildman–Crippen MR) is 64.0 cm³/mol. The summed E-state index contributed by atoms with van der Waals surface area (Å²) in [5, 5.41) is 10.7. The third-order valence-electron chi connectivity index (χ3n) is 3.38. The van der Waals surface area contributed by atoms with Crippen molar-refractivity contribution >= 4 is 0 Å². The van der Waals surface area contributed by atoms with E-state index in [0.29, 0.717) is 25.2 Å². The van der Waals surface area contributed by atoms with Crippen LogP contribution in [0.15, 0.2) is 18.5 Å². The number of ether oxygens (including phenoxy) is 2. The summed E-state index contributed by atoms with van der Waals surface area (Å²) in [7, 11) is 1.60. The van der Waals surface area contributed by atoms with Crippen LogP contribution in [0.2, 0.25) is 0 Å². The molecule has 17 heavy (non-hydrogen) atoms. The molecule has 1 aromatic heterocycles. The second-order valence-corrected chi connectivity index (χ2v) is 4.50. The molecule has 0 bridgehead atoms. The molecule has 2 heterocycles. The molecule has 0 spiro atoms. The van der Waals surface area contributed by atoms with Crippen LogP contribution >= 0.6 is 0 Å². The van der Waals surface area contributed by atoms with Crippen molar-refractivity contribution in [3.05, 3.63) is 24.0 Å². The number of hydrogen-bond donors (Lipinski definition) is 1. The van der Waals surface area contributed by atoms with Gasteiger partial charge >= 0.3 is 0 Å². The highest BCUT2D eigenvalue weighted by Crippen LogP contribution is 2.36. The molecule has 1 aliphatic rings. The zero-order chi connectivity index (χ0) is 12.3. The molecule has 1 aliphatic heterocycles. The van der Waals surface area contributed by atoms with Gasteiger partial charge in [-0.3, -0.25) is 4.98 Å². The first-order valence-corrected chi connectivity index (χ1v) is 6.01. The topological polar surface area (TPSA) is 51.6 Å². The Kier molecular flexibility index (Phi) is 3.64. The van der Waals surface area contributed by atoms with E-state index in [-0.39, 0.29) is 6.10 Å². The molecule has 0 radical (unpaired) electrons. The molecule has 4 nitrogen and oxygen atoms in total. The standard InChI is InChI=1S/C13H19NO3/c1-3-11-7-13(15,4-5-17-11)10-6-12(16-2)9-14-8-10/h6,8-9,11,15H,3-5,7H2,1-2H3. The van der Waals surface area contributed by atoms with Gasteiger partial charge in [-0.05, 0) is 12.5 Å². The van der Waals surface area contributed by atoms with Gasteiger partial charge in [0.25, 0.3) is 0 Å². The SMILES string of the molecule is CCC1CC(O)(c2cncc(OC)c2)CCO1. The van der Waals surface area contributed by atoms with Crippen molar-refractivity contribution in [3.63, 3.8) is 0 Å². The highest BCUT2D eigenvalue weighted by atomic mass is 16.5. The summed E-state index contributed by atoms with van der Waals surface area (Å²) in [5.74, 6) is 0.676. The summed E-state index contributed by atoms with van der Waals surface area (Å²) in [6.07, 6.45) is 5.63. The van der Waals surface area contributed by atoms with E-state index < -0.39 is 5.60 Å². The fourth-order valence-corrected chi connectivity index (χ4v) is 2.24. The zero-order valence-corrected chi connectivity index (χ0v) is 10.3. The molecule has 0 saturated carbocycles. The number of rotatable bonds is 3. The Labute approximate surface area is 102 Å². The maximum Gasteiger partial charge on any atom is 0.137 e. The Hall–Kier alpha value is -1.13. The molecular weight excluding hydrogens is 218 g/mol. The van der Waals surface area contributed by atoms with Crippen molar-refractivity contribution in [2.45, 2.75) is 37.9 Å². The zero-order valence-electron chi connectivity index (χ0n) is 10.3. The largest absolute Gasteiger partial charge is 0.495 e. The lowest BCUT2D eigenvalue weighted by Gasteiger charge is -2.36. The predicted octanol–water partition coefficient (Wildman–Crippen LogP) is 1.87. The molecular formula is C13H19NO3. The van der Waals surface area contributed by atoms with Gasteiger partial charge < -0.3 is 14.6 Å². The Morgan fingerprint density at radius 2 is 2.41 bits per heavy atom. The highest BCUT2D eigenvalue weighted by molar-refractivity contribution is 5.28. The molecule has 1 aromatic rings. The number of nitrogens with zero attached hydrogens (tertiary/aromatic N) is 1. The van der Waals surface area contributed by atoms with Gasteiger partial charge in [0.15, 0.2) is 0 Å². The van der Waals surface area contributed by atoms with E-state index in [2.05, 4.69) is 11.9 Å². The third-order valence-corrected chi connectivity index (χ3v) is 3.38. The van der Waals surface area contributed by atoms with Crippen LogP contribution in [0.3, 0.4) is 0 Å². The average Bonchev–Trinajstić information content (AvgIpc) is 2.39. The van der Waals surface area contributed by atoms with Crippen LogP contribution in [0.5, 0.6) is 5.75 Å². The lowest BCUT2D eigenvalue weighted by molar-refractivity contribution is -0.108. The Balaban J connectivity index is 2.23. The van der Waals surface area contributed by atoms with Crippen molar-refractivity contribution in [3.8, 4) is 5.75 Å². The lowest BCUT2D eigenvalue weighted by Crippen LogP contribution is -2.38. The van der Waals surface area contributed by atoms with Crippen LogP contribution in [0, 0.1) is 0 Å². The van der Waals surface area contributed by atoms with Crippen LogP contribution < -0.4 is 4.74 Å². The second kappa shape index (κ2) is 5.02. The first kappa shape index (κ1) is 12.3. The van der Waals surface area contributed by atoms with Gasteiger partial charge in [0, 0.05) is 24.6 Å². The third kappa shape index (κ3) is 2.58. The fraction of sp³-hybridized carbons (Fsp3) is 0.615. The Bertz CT molecular complexity index is 383. The normalized spacial score (nSPS) is 29.0. The van der Waals surface area contributed by atoms with E-state index in [4.69, 9.17) is 9.47 Å². The number of hydrogen-bond acceptors (Lipinski definition) is 4. The quantitative estimate of drug-likeness (QED) is 0.872. The summed E-state index contributed by atoms with van der Waals surface area (Å²) in [6, 6.07) is 1.85. The minimum atomic E-state index is -0.833. The molecule has 4 heteroatoms. The summed E-state index contributed by atoms with van der Waals surface area (Å²) >= 11 is 0. The van der Waals surface area contributed by atoms with Crippen LogP contribution in [0.4, 0.5) is 0 Å². The van der Waals surface area contributed by atoms with Gasteiger partial charge in [-0.25, -0.2) is 0 Å². The van der Waals surface area contributed by atoms with E-state index in [0.717, 1.165) is 12.0 Å². The van der Waals surface area contributed by atoms with Gasteiger partial charge in [-0.15, -0.1) is 0 Å². The maximum atomic E-state index is 10.7. The first-order chi connectivity index (χ1) is 8.18. The van der Waals surface area contributed by atoms with E-state index >= 15 is 0 Å². The number of methoxy groups -OCH3 is 1. The summed E-state index contributed by atoms with van der Waals surface area (Å²) in [6.45, 7) is 2.66. The smallest absolute Gasteiger partial charge is 0.137 e. The molecule has 2 atom stereocenters. The Morgan fingerprint density at radius 3 is 3.12 bits per heavy atom. The van der Waals surface area contributed by atoms with Crippen molar-refractivity contribution in [1.29, 1.82) is 0 Å². The van der Waals surface area contributed by atoms with Crippen molar-refractivity contribution < 1.29 is 14.6 Å². The van der Waals surface area contributed by atoms with Gasteiger partial charge in [-0.2, -0.15) is 0 Å². The molecule has 1 saturated heterocycles. The summed E-state index contributed by atoms with van der Waals surface area (Å²) in [4.78, 5) is 4.10. The van der Waals surface area contributed by atoms with E-state index in [9.17, 15) is 5.11 Å². The molecule has 2 unspecified atom stereocenters. The first-order valence-electron chi connectivity index (χ1n) is 6.01.